The normalized spacial score (nSPS) is 13.1. The van der Waals surface area contributed by atoms with E-state index >= 15 is 0 Å². The van der Waals surface area contributed by atoms with Crippen LogP contribution in [0.15, 0.2) is 23.1 Å². The molecule has 0 radical (unpaired) electrons. The van der Waals surface area contributed by atoms with Crippen LogP contribution >= 0.6 is 0 Å². The van der Waals surface area contributed by atoms with Crippen LogP contribution in [0.2, 0.25) is 0 Å². The molecular formula is C10H12FNO4S. The summed E-state index contributed by atoms with van der Waals surface area (Å²) in [7, 11) is -3.47. The van der Waals surface area contributed by atoms with Crippen molar-refractivity contribution in [2.45, 2.75) is 17.9 Å². The maximum atomic E-state index is 13.5. The van der Waals surface area contributed by atoms with Gasteiger partial charge < -0.3 is 10.4 Å². The van der Waals surface area contributed by atoms with E-state index in [2.05, 4.69) is 5.32 Å². The van der Waals surface area contributed by atoms with Crippen molar-refractivity contribution >= 4 is 21.5 Å². The van der Waals surface area contributed by atoms with E-state index in [-0.39, 0.29) is 10.6 Å². The predicted molar refractivity (Wildman–Crippen MR) is 60.2 cm³/mol. The number of carboxylic acids is 1. The monoisotopic (exact) mass is 261 g/mol. The number of benzene rings is 1. The summed E-state index contributed by atoms with van der Waals surface area (Å²) < 4.78 is 35.8. The first kappa shape index (κ1) is 13.4. The van der Waals surface area contributed by atoms with Crippen LogP contribution in [0.5, 0.6) is 0 Å². The highest BCUT2D eigenvalue weighted by molar-refractivity contribution is 7.90. The zero-order valence-electron chi connectivity index (χ0n) is 9.27. The first-order chi connectivity index (χ1) is 7.71. The van der Waals surface area contributed by atoms with Crippen LogP contribution < -0.4 is 5.32 Å². The highest BCUT2D eigenvalue weighted by atomic mass is 32.2. The molecule has 0 spiro atoms. The number of hydrogen-bond donors (Lipinski definition) is 2. The zero-order chi connectivity index (χ0) is 13.2. The third kappa shape index (κ3) is 3.42. The van der Waals surface area contributed by atoms with Crippen molar-refractivity contribution in [1.82, 2.24) is 0 Å². The van der Waals surface area contributed by atoms with Gasteiger partial charge in [0.2, 0.25) is 0 Å². The third-order valence-corrected chi connectivity index (χ3v) is 3.22. The molecular weight excluding hydrogens is 249 g/mol. The van der Waals surface area contributed by atoms with E-state index in [0.717, 1.165) is 12.3 Å². The molecule has 94 valence electrons. The Kier molecular flexibility index (Phi) is 3.72. The Bertz CT molecular complexity index is 541. The SMILES string of the molecule is C[C@H](Nc1ccc(S(C)(=O)=O)cc1F)C(=O)O. The van der Waals surface area contributed by atoms with Crippen molar-refractivity contribution in [3.63, 3.8) is 0 Å². The van der Waals surface area contributed by atoms with Gasteiger partial charge in [-0.2, -0.15) is 0 Å². The van der Waals surface area contributed by atoms with Crippen LogP contribution in [0.4, 0.5) is 10.1 Å². The van der Waals surface area contributed by atoms with Crippen LogP contribution in [0, 0.1) is 5.82 Å². The Morgan fingerprint density at radius 3 is 2.47 bits per heavy atom. The summed E-state index contributed by atoms with van der Waals surface area (Å²) in [5.41, 5.74) is -0.0488. The fraction of sp³-hybridized carbons (Fsp3) is 0.300. The highest BCUT2D eigenvalue weighted by Crippen LogP contribution is 2.19. The Morgan fingerprint density at radius 1 is 1.47 bits per heavy atom. The first-order valence-corrected chi connectivity index (χ1v) is 6.60. The Hall–Kier alpha value is -1.63. The Morgan fingerprint density at radius 2 is 2.06 bits per heavy atom. The topological polar surface area (TPSA) is 83.5 Å². The molecule has 0 aliphatic carbocycles. The van der Waals surface area contributed by atoms with Gasteiger partial charge in [0.15, 0.2) is 9.84 Å². The second-order valence-corrected chi connectivity index (χ2v) is 5.63. The number of anilines is 1. The summed E-state index contributed by atoms with van der Waals surface area (Å²) in [6, 6.07) is 2.31. The molecule has 1 aromatic carbocycles. The Balaban J connectivity index is 3.03. The lowest BCUT2D eigenvalue weighted by atomic mass is 10.2. The van der Waals surface area contributed by atoms with Crippen molar-refractivity contribution in [1.29, 1.82) is 0 Å². The van der Waals surface area contributed by atoms with Crippen LogP contribution in [0.3, 0.4) is 0 Å². The van der Waals surface area contributed by atoms with E-state index in [1.165, 1.54) is 19.1 Å². The minimum Gasteiger partial charge on any atom is -0.480 e. The quantitative estimate of drug-likeness (QED) is 0.848. The largest absolute Gasteiger partial charge is 0.480 e. The molecule has 0 aliphatic heterocycles. The molecule has 7 heteroatoms. The summed E-state index contributed by atoms with van der Waals surface area (Å²) in [6.45, 7) is 1.35. The minimum atomic E-state index is -3.47. The van der Waals surface area contributed by atoms with Gasteiger partial charge in [-0.05, 0) is 25.1 Å². The second kappa shape index (κ2) is 4.70. The number of hydrogen-bond acceptors (Lipinski definition) is 4. The van der Waals surface area contributed by atoms with E-state index in [9.17, 15) is 17.6 Å². The Labute approximate surface area is 98.2 Å². The summed E-state index contributed by atoms with van der Waals surface area (Å²) in [5.74, 6) is -1.93. The molecule has 0 heterocycles. The lowest BCUT2D eigenvalue weighted by molar-refractivity contribution is -0.137. The zero-order valence-corrected chi connectivity index (χ0v) is 10.1. The van der Waals surface area contributed by atoms with Crippen molar-refractivity contribution in [2.24, 2.45) is 0 Å². The molecule has 0 fully saturated rings. The first-order valence-electron chi connectivity index (χ1n) is 4.71. The van der Waals surface area contributed by atoms with Crippen molar-refractivity contribution < 1.29 is 22.7 Å². The van der Waals surface area contributed by atoms with E-state index in [1.54, 1.807) is 0 Å². The van der Waals surface area contributed by atoms with Gasteiger partial charge in [0.25, 0.3) is 0 Å². The van der Waals surface area contributed by atoms with Gasteiger partial charge >= 0.3 is 5.97 Å². The highest BCUT2D eigenvalue weighted by Gasteiger charge is 2.15. The van der Waals surface area contributed by atoms with Crippen LogP contribution in [-0.4, -0.2) is 31.8 Å². The van der Waals surface area contributed by atoms with Crippen LogP contribution in [0.25, 0.3) is 0 Å². The lowest BCUT2D eigenvalue weighted by Crippen LogP contribution is -2.25. The summed E-state index contributed by atoms with van der Waals surface area (Å²) in [4.78, 5) is 10.4. The lowest BCUT2D eigenvalue weighted by Gasteiger charge is -2.12. The number of carbonyl (C=O) groups is 1. The molecule has 1 rings (SSSR count). The summed E-state index contributed by atoms with van der Waals surface area (Å²) >= 11 is 0. The molecule has 1 atom stereocenters. The number of sulfone groups is 1. The van der Waals surface area contributed by atoms with Gasteiger partial charge in [-0.1, -0.05) is 0 Å². The van der Waals surface area contributed by atoms with E-state index in [0.29, 0.717) is 0 Å². The second-order valence-electron chi connectivity index (χ2n) is 3.62. The van der Waals surface area contributed by atoms with Gasteiger partial charge in [0.05, 0.1) is 10.6 Å². The molecule has 0 aliphatic rings. The van der Waals surface area contributed by atoms with E-state index < -0.39 is 27.7 Å². The fourth-order valence-electron chi connectivity index (χ4n) is 1.14. The molecule has 0 bridgehead atoms. The number of carboxylic acid groups (broad SMARTS) is 1. The molecule has 0 saturated carbocycles. The number of rotatable bonds is 4. The van der Waals surface area contributed by atoms with Gasteiger partial charge in [0, 0.05) is 6.26 Å². The van der Waals surface area contributed by atoms with Crippen molar-refractivity contribution in [3.8, 4) is 0 Å². The molecule has 1 aromatic rings. The van der Waals surface area contributed by atoms with Gasteiger partial charge in [-0.25, -0.2) is 12.8 Å². The standard InChI is InChI=1S/C10H12FNO4S/c1-6(10(13)14)12-9-4-3-7(5-8(9)11)17(2,15)16/h3-6,12H,1-2H3,(H,13,14)/t6-/m0/s1. The fourth-order valence-corrected chi connectivity index (χ4v) is 1.77. The number of nitrogens with one attached hydrogen (secondary N) is 1. The average Bonchev–Trinajstić information content (AvgIpc) is 2.19. The van der Waals surface area contributed by atoms with E-state index in [1.807, 2.05) is 0 Å². The maximum Gasteiger partial charge on any atom is 0.325 e. The smallest absolute Gasteiger partial charge is 0.325 e. The van der Waals surface area contributed by atoms with Gasteiger partial charge in [-0.15, -0.1) is 0 Å². The average molecular weight is 261 g/mol. The molecule has 0 aromatic heterocycles. The van der Waals surface area contributed by atoms with Crippen molar-refractivity contribution in [3.05, 3.63) is 24.0 Å². The van der Waals surface area contributed by atoms with Gasteiger partial charge in [-0.3, -0.25) is 4.79 Å². The maximum absolute atomic E-state index is 13.5. The summed E-state index contributed by atoms with van der Waals surface area (Å²) in [6.07, 6.45) is 0.967. The summed E-state index contributed by atoms with van der Waals surface area (Å²) in [5, 5.41) is 11.1. The van der Waals surface area contributed by atoms with Crippen LogP contribution in [0.1, 0.15) is 6.92 Å². The number of halogens is 1. The van der Waals surface area contributed by atoms with Gasteiger partial charge in [0.1, 0.15) is 11.9 Å². The van der Waals surface area contributed by atoms with Crippen LogP contribution in [-0.2, 0) is 14.6 Å². The van der Waals surface area contributed by atoms with Crippen molar-refractivity contribution in [2.75, 3.05) is 11.6 Å². The number of aliphatic carboxylic acids is 1. The molecule has 17 heavy (non-hydrogen) atoms. The third-order valence-electron chi connectivity index (χ3n) is 2.11. The molecule has 5 nitrogen and oxygen atoms in total. The molecule has 0 unspecified atom stereocenters. The minimum absolute atomic E-state index is 0.0488. The molecule has 2 N–H and O–H groups in total. The predicted octanol–water partition coefficient (Wildman–Crippen LogP) is 1.11. The molecule has 0 amide bonds. The molecule has 0 saturated heterocycles. The van der Waals surface area contributed by atoms with E-state index in [4.69, 9.17) is 5.11 Å².